The number of benzene rings is 3. The Morgan fingerprint density at radius 3 is 1.05 bits per heavy atom. The van der Waals surface area contributed by atoms with Crippen LogP contribution in [0.4, 0.5) is 5.69 Å². The first-order valence-corrected chi connectivity index (χ1v) is 42.9. The lowest BCUT2D eigenvalue weighted by atomic mass is 9.90. The van der Waals surface area contributed by atoms with Gasteiger partial charge in [0.25, 0.3) is 0 Å². The standard InChI is InChI=1S/C90H154N2O5/c1-3-5-7-9-11-13-15-17-19-21-23-25-27-29-31-33-35-37-39-41-43-45-47-49-51-53-55-57-59-63-75-95-77-65-73-91-81-69-71-85-87(79-81)97-88-80-82(70-72-86(88)89(85)83-67-61-62-68-84(83)90(93)94)92-74-66-78-96-76-64-60-58-56-54-52-50-48-46-44-42-40-38-36-34-32-30-28-26-24-22-20-18-16-14-12-10-8-6-4-2/h61-62,67-72,79-80,91H,3-60,63-66,73-78H2,1-2H3,(H,93,94)/p+1. The van der Waals surface area contributed by atoms with E-state index in [1.165, 1.54) is 372 Å². The molecule has 0 amide bonds. The van der Waals surface area contributed by atoms with Gasteiger partial charge < -0.3 is 24.3 Å². The Morgan fingerprint density at radius 2 is 0.691 bits per heavy atom. The Balaban J connectivity index is 0.947. The number of carboxylic acids is 1. The molecule has 1 aliphatic carbocycles. The predicted molar refractivity (Wildman–Crippen MR) is 422 cm³/mol. The molecule has 0 unspecified atom stereocenters. The number of anilines is 1. The van der Waals surface area contributed by atoms with Crippen LogP contribution in [0.2, 0.25) is 0 Å². The normalized spacial score (nSPS) is 12.0. The van der Waals surface area contributed by atoms with Crippen molar-refractivity contribution in [2.45, 2.75) is 412 Å². The van der Waals surface area contributed by atoms with Gasteiger partial charge in [-0.2, -0.15) is 0 Å². The molecule has 0 radical (unpaired) electrons. The number of rotatable bonds is 73. The van der Waals surface area contributed by atoms with Crippen molar-refractivity contribution < 1.29 is 28.8 Å². The number of nitrogens with one attached hydrogen (secondary N) is 2. The molecule has 554 valence electrons. The van der Waals surface area contributed by atoms with Crippen LogP contribution < -0.4 is 15.7 Å². The van der Waals surface area contributed by atoms with Crippen LogP contribution >= 0.6 is 0 Å². The summed E-state index contributed by atoms with van der Waals surface area (Å²) in [5, 5.41) is 15.7. The maximum absolute atomic E-state index is 12.5. The molecule has 0 saturated carbocycles. The summed E-state index contributed by atoms with van der Waals surface area (Å²) in [4.78, 5) is 16.1. The van der Waals surface area contributed by atoms with E-state index in [9.17, 15) is 9.90 Å². The second-order valence-corrected chi connectivity index (χ2v) is 30.0. The second kappa shape index (κ2) is 64.4. The van der Waals surface area contributed by atoms with E-state index in [0.717, 1.165) is 92.8 Å². The third kappa shape index (κ3) is 46.5. The minimum Gasteiger partial charge on any atom is -0.478 e. The third-order valence-electron chi connectivity index (χ3n) is 21.0. The van der Waals surface area contributed by atoms with Gasteiger partial charge in [-0.05, 0) is 49.1 Å². The Morgan fingerprint density at radius 1 is 0.361 bits per heavy atom. The number of fused-ring (bicyclic) bond motifs is 2. The van der Waals surface area contributed by atoms with Crippen LogP contribution in [0.3, 0.4) is 0 Å². The van der Waals surface area contributed by atoms with E-state index in [1.807, 2.05) is 12.1 Å². The van der Waals surface area contributed by atoms with Gasteiger partial charge in [0.05, 0.1) is 18.2 Å². The maximum atomic E-state index is 12.5. The topological polar surface area (TPSA) is 94.9 Å². The third-order valence-corrected chi connectivity index (χ3v) is 21.0. The SMILES string of the molecule is CCCCCCCCCCCCCCCCCCCCCCCCCCCCCCCCOCCCNc1ccc2c(-c3ccccc3C(=O)O)c3ccc(=[NH+]CCCOCCCCCCCCCCCCCCCCCCCCCCCCCCCCCCCC)cc-3oc2c1. The average molecular weight is 1350 g/mol. The molecule has 3 N–H and O–H groups in total. The fourth-order valence-electron chi connectivity index (χ4n) is 14.8. The van der Waals surface area contributed by atoms with Crippen LogP contribution in [0.25, 0.3) is 33.4 Å². The molecule has 1 heterocycles. The fraction of sp³-hybridized carbons (Fsp3) is 0.778. The highest BCUT2D eigenvalue weighted by Gasteiger charge is 2.22. The van der Waals surface area contributed by atoms with Crippen molar-refractivity contribution in [1.82, 2.24) is 0 Å². The number of unbranched alkanes of at least 4 members (excludes halogenated alkanes) is 58. The Bertz CT molecular complexity index is 2410. The van der Waals surface area contributed by atoms with Crippen LogP contribution in [0.1, 0.15) is 422 Å². The van der Waals surface area contributed by atoms with E-state index in [4.69, 9.17) is 13.9 Å². The highest BCUT2D eigenvalue weighted by Crippen LogP contribution is 2.42. The van der Waals surface area contributed by atoms with Gasteiger partial charge in [0.2, 0.25) is 5.36 Å². The fourth-order valence-corrected chi connectivity index (χ4v) is 14.8. The summed E-state index contributed by atoms with van der Waals surface area (Å²) in [7, 11) is 0. The summed E-state index contributed by atoms with van der Waals surface area (Å²) in [6, 6.07) is 19.7. The molecule has 2 aliphatic rings. The molecule has 0 aromatic heterocycles. The van der Waals surface area contributed by atoms with Crippen molar-refractivity contribution in [3.63, 3.8) is 0 Å². The molecule has 2 aromatic rings. The van der Waals surface area contributed by atoms with Crippen molar-refractivity contribution in [3.05, 3.63) is 71.6 Å². The zero-order valence-corrected chi connectivity index (χ0v) is 63.9. The molecule has 7 heteroatoms. The minimum atomic E-state index is -0.942. The number of aromatic carboxylic acids is 1. The van der Waals surface area contributed by atoms with E-state index < -0.39 is 5.97 Å². The minimum absolute atomic E-state index is 0.277. The van der Waals surface area contributed by atoms with Crippen LogP contribution in [-0.2, 0) is 9.47 Å². The van der Waals surface area contributed by atoms with Crippen LogP contribution in [-0.4, -0.2) is 50.6 Å². The molecule has 0 bridgehead atoms. The van der Waals surface area contributed by atoms with Crippen LogP contribution in [0.15, 0.2) is 65.1 Å². The van der Waals surface area contributed by atoms with Crippen molar-refractivity contribution in [2.24, 2.45) is 0 Å². The van der Waals surface area contributed by atoms with Crippen molar-refractivity contribution in [3.8, 4) is 22.5 Å². The first kappa shape index (κ1) is 85.7. The highest BCUT2D eigenvalue weighted by atomic mass is 16.5. The zero-order valence-electron chi connectivity index (χ0n) is 63.9. The molecular weight excluding hydrogens is 1190 g/mol. The number of hydrogen-bond acceptors (Lipinski definition) is 5. The van der Waals surface area contributed by atoms with Gasteiger partial charge in [0.15, 0.2) is 0 Å². The van der Waals surface area contributed by atoms with Gasteiger partial charge in [-0.1, -0.05) is 404 Å². The summed E-state index contributed by atoms with van der Waals surface area (Å²) in [6.07, 6.45) is 87.3. The Labute approximate surface area is 599 Å². The molecule has 4 rings (SSSR count). The van der Waals surface area contributed by atoms with Crippen molar-refractivity contribution >= 4 is 22.6 Å². The van der Waals surface area contributed by atoms with Gasteiger partial charge in [0.1, 0.15) is 17.9 Å². The lowest BCUT2D eigenvalue weighted by molar-refractivity contribution is -0.501. The van der Waals surface area contributed by atoms with E-state index >= 15 is 0 Å². The summed E-state index contributed by atoms with van der Waals surface area (Å²) in [5.74, 6) is -0.227. The number of carbonyl (C=O) groups is 1. The van der Waals surface area contributed by atoms with E-state index in [2.05, 4.69) is 60.6 Å². The molecule has 2 aromatic carbocycles. The molecular formula is C90H155N2O5+. The van der Waals surface area contributed by atoms with Gasteiger partial charge in [-0.15, -0.1) is 0 Å². The first-order chi connectivity index (χ1) is 48.1. The average Bonchev–Trinajstić information content (AvgIpc) is 0.753. The molecule has 1 aliphatic heterocycles. The van der Waals surface area contributed by atoms with Gasteiger partial charge >= 0.3 is 5.97 Å². The van der Waals surface area contributed by atoms with E-state index in [0.29, 0.717) is 16.9 Å². The molecule has 0 saturated heterocycles. The molecule has 97 heavy (non-hydrogen) atoms. The molecule has 0 fully saturated rings. The van der Waals surface area contributed by atoms with Gasteiger partial charge in [0, 0.05) is 67.1 Å². The monoisotopic (exact) mass is 1340 g/mol. The summed E-state index contributed by atoms with van der Waals surface area (Å²) in [6.45, 7) is 9.37. The summed E-state index contributed by atoms with van der Waals surface area (Å²) in [5.41, 5.74) is 4.41. The Hall–Kier alpha value is -3.68. The lowest BCUT2D eigenvalue weighted by Gasteiger charge is -2.17. The molecule has 0 atom stereocenters. The Kier molecular flexibility index (Phi) is 56.9. The molecule has 7 nitrogen and oxygen atoms in total. The summed E-state index contributed by atoms with van der Waals surface area (Å²) >= 11 is 0. The highest BCUT2D eigenvalue weighted by molar-refractivity contribution is 6.07. The van der Waals surface area contributed by atoms with Crippen molar-refractivity contribution in [2.75, 3.05) is 44.8 Å². The molecule has 0 spiro atoms. The largest absolute Gasteiger partial charge is 0.478 e. The van der Waals surface area contributed by atoms with Crippen molar-refractivity contribution in [1.29, 1.82) is 0 Å². The van der Waals surface area contributed by atoms with Gasteiger partial charge in [-0.25, -0.2) is 9.79 Å². The maximum Gasteiger partial charge on any atom is 0.336 e. The zero-order chi connectivity index (χ0) is 68.5. The summed E-state index contributed by atoms with van der Waals surface area (Å²) < 4.78 is 18.8. The predicted octanol–water partition coefficient (Wildman–Crippen LogP) is 27.6. The smallest absolute Gasteiger partial charge is 0.336 e. The van der Waals surface area contributed by atoms with E-state index in [-0.39, 0.29) is 5.56 Å². The van der Waals surface area contributed by atoms with Crippen LogP contribution in [0, 0.1) is 0 Å². The number of hydrogen-bond donors (Lipinski definition) is 3. The lowest BCUT2D eigenvalue weighted by Crippen LogP contribution is -2.76. The van der Waals surface area contributed by atoms with E-state index in [1.54, 1.807) is 12.1 Å². The number of carboxylic acid groups (broad SMARTS) is 1. The first-order valence-electron chi connectivity index (χ1n) is 42.9. The quantitative estimate of drug-likeness (QED) is 0.0301. The van der Waals surface area contributed by atoms with Crippen LogP contribution in [0.5, 0.6) is 0 Å². The number of ether oxygens (including phenoxy) is 2. The second-order valence-electron chi connectivity index (χ2n) is 30.0. The van der Waals surface area contributed by atoms with Gasteiger partial charge in [-0.3, -0.25) is 0 Å².